The number of nitrogen functional groups attached to an aromatic ring is 1. The Morgan fingerprint density at radius 1 is 1.30 bits per heavy atom. The highest BCUT2D eigenvalue weighted by atomic mass is 79.9. The number of hydrogen-bond donors (Lipinski definition) is 1. The zero-order valence-electron chi connectivity index (χ0n) is 12.4. The molecular weight excluding hydrogens is 316 g/mol. The van der Waals surface area contributed by atoms with Crippen LogP contribution in [0.2, 0.25) is 0 Å². The molecule has 1 aromatic rings. The molecule has 1 saturated heterocycles. The van der Waals surface area contributed by atoms with Crippen LogP contribution in [0, 0.1) is 11.3 Å². The van der Waals surface area contributed by atoms with Crippen LogP contribution in [0.3, 0.4) is 0 Å². The maximum atomic E-state index is 12.6. The van der Waals surface area contributed by atoms with Crippen molar-refractivity contribution in [1.82, 2.24) is 4.90 Å². The Morgan fingerprint density at radius 3 is 2.45 bits per heavy atom. The summed E-state index contributed by atoms with van der Waals surface area (Å²) in [6.45, 7) is 8.51. The molecule has 2 rings (SSSR count). The fourth-order valence-corrected chi connectivity index (χ4v) is 3.24. The Balaban J connectivity index is 2.07. The number of piperidine rings is 1. The predicted octanol–water partition coefficient (Wildman–Crippen LogP) is 3.93. The molecule has 1 aliphatic rings. The summed E-state index contributed by atoms with van der Waals surface area (Å²) in [6.07, 6.45) is 2.16. The number of rotatable bonds is 1. The Labute approximate surface area is 129 Å². The molecule has 0 unspecified atom stereocenters. The van der Waals surface area contributed by atoms with Crippen LogP contribution in [0.5, 0.6) is 0 Å². The Morgan fingerprint density at radius 2 is 1.90 bits per heavy atom. The minimum Gasteiger partial charge on any atom is -0.399 e. The molecule has 20 heavy (non-hydrogen) atoms. The zero-order valence-corrected chi connectivity index (χ0v) is 14.0. The molecule has 0 aliphatic carbocycles. The summed E-state index contributed by atoms with van der Waals surface area (Å²) in [4.78, 5) is 14.5. The standard InChI is InChI=1S/C16H23BrN2O/c1-16(2,3)11-6-8-19(9-7-11)15(20)13-10-12(18)4-5-14(13)17/h4-5,10-11H,6-9,18H2,1-3H3. The van der Waals surface area contributed by atoms with Gasteiger partial charge >= 0.3 is 0 Å². The zero-order chi connectivity index (χ0) is 14.9. The summed E-state index contributed by atoms with van der Waals surface area (Å²) in [5, 5.41) is 0. The lowest BCUT2D eigenvalue weighted by molar-refractivity contribution is 0.0608. The maximum absolute atomic E-state index is 12.6. The van der Waals surface area contributed by atoms with Crippen LogP contribution in [0.25, 0.3) is 0 Å². The first-order valence-corrected chi connectivity index (χ1v) is 7.92. The molecule has 0 atom stereocenters. The van der Waals surface area contributed by atoms with Gasteiger partial charge in [-0.3, -0.25) is 4.79 Å². The second kappa shape index (κ2) is 5.76. The normalized spacial score (nSPS) is 17.3. The van der Waals surface area contributed by atoms with Crippen molar-refractivity contribution in [1.29, 1.82) is 0 Å². The van der Waals surface area contributed by atoms with Gasteiger partial charge in [0.05, 0.1) is 5.56 Å². The average molecular weight is 339 g/mol. The van der Waals surface area contributed by atoms with Gasteiger partial charge in [0.15, 0.2) is 0 Å². The van der Waals surface area contributed by atoms with E-state index in [2.05, 4.69) is 36.7 Å². The third-order valence-electron chi connectivity index (χ3n) is 4.23. The highest BCUT2D eigenvalue weighted by molar-refractivity contribution is 9.10. The van der Waals surface area contributed by atoms with E-state index in [1.54, 1.807) is 12.1 Å². The SMILES string of the molecule is CC(C)(C)C1CCN(C(=O)c2cc(N)ccc2Br)CC1. The Bertz CT molecular complexity index is 500. The quantitative estimate of drug-likeness (QED) is 0.788. The van der Waals surface area contributed by atoms with Gasteiger partial charge in [0.2, 0.25) is 0 Å². The molecule has 1 aliphatic heterocycles. The predicted molar refractivity (Wildman–Crippen MR) is 86.6 cm³/mol. The van der Waals surface area contributed by atoms with Crippen molar-refractivity contribution in [3.63, 3.8) is 0 Å². The fourth-order valence-electron chi connectivity index (χ4n) is 2.83. The van der Waals surface area contributed by atoms with Crippen LogP contribution in [-0.4, -0.2) is 23.9 Å². The van der Waals surface area contributed by atoms with Crippen molar-refractivity contribution < 1.29 is 4.79 Å². The molecule has 2 N–H and O–H groups in total. The third-order valence-corrected chi connectivity index (χ3v) is 4.92. The van der Waals surface area contributed by atoms with E-state index >= 15 is 0 Å². The van der Waals surface area contributed by atoms with E-state index in [1.165, 1.54) is 0 Å². The first-order valence-electron chi connectivity index (χ1n) is 7.13. The number of amides is 1. The van der Waals surface area contributed by atoms with Crippen LogP contribution in [0.15, 0.2) is 22.7 Å². The maximum Gasteiger partial charge on any atom is 0.255 e. The Hall–Kier alpha value is -1.03. The average Bonchev–Trinajstić information content (AvgIpc) is 2.40. The molecule has 0 spiro atoms. The molecule has 1 fully saturated rings. The number of anilines is 1. The topological polar surface area (TPSA) is 46.3 Å². The number of carbonyl (C=O) groups excluding carboxylic acids is 1. The summed E-state index contributed by atoms with van der Waals surface area (Å²) in [7, 11) is 0. The van der Waals surface area contributed by atoms with Gasteiger partial charge in [-0.1, -0.05) is 20.8 Å². The van der Waals surface area contributed by atoms with E-state index in [4.69, 9.17) is 5.73 Å². The second-order valence-electron chi connectivity index (χ2n) is 6.67. The largest absolute Gasteiger partial charge is 0.399 e. The lowest BCUT2D eigenvalue weighted by Gasteiger charge is -2.38. The van der Waals surface area contributed by atoms with Crippen LogP contribution in [0.1, 0.15) is 44.0 Å². The molecule has 1 aromatic carbocycles. The molecule has 1 heterocycles. The minimum atomic E-state index is 0.0801. The van der Waals surface area contributed by atoms with Gasteiger partial charge in [0, 0.05) is 23.2 Å². The highest BCUT2D eigenvalue weighted by Crippen LogP contribution is 2.35. The van der Waals surface area contributed by atoms with Crippen molar-refractivity contribution in [2.45, 2.75) is 33.6 Å². The molecule has 0 bridgehead atoms. The van der Waals surface area contributed by atoms with Crippen molar-refractivity contribution in [2.24, 2.45) is 11.3 Å². The van der Waals surface area contributed by atoms with Crippen molar-refractivity contribution in [2.75, 3.05) is 18.8 Å². The van der Waals surface area contributed by atoms with Crippen LogP contribution < -0.4 is 5.73 Å². The van der Waals surface area contributed by atoms with Crippen LogP contribution >= 0.6 is 15.9 Å². The first-order chi connectivity index (χ1) is 9.29. The lowest BCUT2D eigenvalue weighted by atomic mass is 9.75. The van der Waals surface area contributed by atoms with Crippen molar-refractivity contribution in [3.8, 4) is 0 Å². The molecule has 4 heteroatoms. The monoisotopic (exact) mass is 338 g/mol. The number of nitrogens with two attached hydrogens (primary N) is 1. The van der Waals surface area contributed by atoms with Gasteiger partial charge in [0.1, 0.15) is 0 Å². The van der Waals surface area contributed by atoms with E-state index < -0.39 is 0 Å². The molecule has 0 aromatic heterocycles. The number of hydrogen-bond acceptors (Lipinski definition) is 2. The number of nitrogens with zero attached hydrogens (tertiary/aromatic N) is 1. The van der Waals surface area contributed by atoms with Gasteiger partial charge in [-0.05, 0) is 58.3 Å². The minimum absolute atomic E-state index is 0.0801. The van der Waals surface area contributed by atoms with Gasteiger partial charge in [0.25, 0.3) is 5.91 Å². The summed E-state index contributed by atoms with van der Waals surface area (Å²) in [6, 6.07) is 5.39. The molecule has 3 nitrogen and oxygen atoms in total. The molecule has 110 valence electrons. The summed E-state index contributed by atoms with van der Waals surface area (Å²) < 4.78 is 0.814. The fraction of sp³-hybridized carbons (Fsp3) is 0.562. The summed E-state index contributed by atoms with van der Waals surface area (Å²) in [5.41, 5.74) is 7.40. The van der Waals surface area contributed by atoms with E-state index in [0.717, 1.165) is 30.4 Å². The Kier molecular flexibility index (Phi) is 4.43. The van der Waals surface area contributed by atoms with E-state index in [-0.39, 0.29) is 5.91 Å². The molecule has 0 saturated carbocycles. The van der Waals surface area contributed by atoms with E-state index in [1.807, 2.05) is 11.0 Å². The lowest BCUT2D eigenvalue weighted by Crippen LogP contribution is -2.41. The van der Waals surface area contributed by atoms with Crippen molar-refractivity contribution in [3.05, 3.63) is 28.2 Å². The van der Waals surface area contributed by atoms with Crippen molar-refractivity contribution >= 4 is 27.5 Å². The number of likely N-dealkylation sites (tertiary alicyclic amines) is 1. The van der Waals surface area contributed by atoms with E-state index in [9.17, 15) is 4.79 Å². The van der Waals surface area contributed by atoms with Gasteiger partial charge in [-0.25, -0.2) is 0 Å². The van der Waals surface area contributed by atoms with Crippen LogP contribution in [0.4, 0.5) is 5.69 Å². The molecular formula is C16H23BrN2O. The third kappa shape index (κ3) is 3.35. The van der Waals surface area contributed by atoms with E-state index in [0.29, 0.717) is 22.6 Å². The van der Waals surface area contributed by atoms with Gasteiger partial charge in [-0.15, -0.1) is 0 Å². The van der Waals surface area contributed by atoms with Gasteiger partial charge < -0.3 is 10.6 Å². The number of carbonyl (C=O) groups is 1. The highest BCUT2D eigenvalue weighted by Gasteiger charge is 2.31. The smallest absolute Gasteiger partial charge is 0.255 e. The van der Waals surface area contributed by atoms with Crippen LogP contribution in [-0.2, 0) is 0 Å². The molecule has 0 radical (unpaired) electrons. The summed E-state index contributed by atoms with van der Waals surface area (Å²) >= 11 is 3.44. The summed E-state index contributed by atoms with van der Waals surface area (Å²) in [5.74, 6) is 0.771. The first kappa shape index (κ1) is 15.4. The number of benzene rings is 1. The second-order valence-corrected chi connectivity index (χ2v) is 7.53. The molecule has 1 amide bonds. The van der Waals surface area contributed by atoms with Gasteiger partial charge in [-0.2, -0.15) is 0 Å². The number of halogens is 1.